The van der Waals surface area contributed by atoms with Gasteiger partial charge in [-0.15, -0.1) is 0 Å². The standard InChI is InChI=1S/C17H27NO2/c1-5-6-10-13(2)17(20)18(4)14(3)16(19)15-11-8-7-9-12-15/h7-9,11-14,16,19H,5-6,10H2,1-4H3/t13-,14+,16-/m1/s1. The van der Waals surface area contributed by atoms with Gasteiger partial charge in [0.05, 0.1) is 12.1 Å². The molecule has 0 aliphatic carbocycles. The number of aliphatic hydroxyl groups excluding tert-OH is 1. The van der Waals surface area contributed by atoms with E-state index in [0.29, 0.717) is 0 Å². The second kappa shape index (κ2) is 8.05. The van der Waals surface area contributed by atoms with Gasteiger partial charge in [-0.1, -0.05) is 57.0 Å². The Labute approximate surface area is 122 Å². The zero-order valence-electron chi connectivity index (χ0n) is 13.0. The summed E-state index contributed by atoms with van der Waals surface area (Å²) in [7, 11) is 1.78. The number of aliphatic hydroxyl groups is 1. The maximum atomic E-state index is 12.3. The van der Waals surface area contributed by atoms with E-state index in [1.165, 1.54) is 0 Å². The van der Waals surface area contributed by atoms with Crippen molar-refractivity contribution >= 4 is 5.91 Å². The number of hydrogen-bond acceptors (Lipinski definition) is 2. The third kappa shape index (κ3) is 4.34. The number of carbonyl (C=O) groups excluding carboxylic acids is 1. The van der Waals surface area contributed by atoms with Crippen molar-refractivity contribution < 1.29 is 9.90 Å². The van der Waals surface area contributed by atoms with Gasteiger partial charge in [0.25, 0.3) is 0 Å². The molecule has 1 aromatic rings. The van der Waals surface area contributed by atoms with Crippen LogP contribution in [0.15, 0.2) is 30.3 Å². The first-order chi connectivity index (χ1) is 9.49. The first kappa shape index (κ1) is 16.7. The number of nitrogens with zero attached hydrogens (tertiary/aromatic N) is 1. The molecule has 0 unspecified atom stereocenters. The topological polar surface area (TPSA) is 40.5 Å². The molecule has 1 aromatic carbocycles. The Balaban J connectivity index is 2.66. The van der Waals surface area contributed by atoms with E-state index < -0.39 is 6.10 Å². The smallest absolute Gasteiger partial charge is 0.225 e. The van der Waals surface area contributed by atoms with E-state index in [4.69, 9.17) is 0 Å². The van der Waals surface area contributed by atoms with Gasteiger partial charge in [-0.2, -0.15) is 0 Å². The number of benzene rings is 1. The van der Waals surface area contributed by atoms with Gasteiger partial charge in [0, 0.05) is 13.0 Å². The van der Waals surface area contributed by atoms with Crippen molar-refractivity contribution in [1.29, 1.82) is 0 Å². The minimum Gasteiger partial charge on any atom is -0.386 e. The molecule has 0 spiro atoms. The lowest BCUT2D eigenvalue weighted by Crippen LogP contribution is -2.41. The molecule has 112 valence electrons. The lowest BCUT2D eigenvalue weighted by molar-refractivity contribution is -0.138. The summed E-state index contributed by atoms with van der Waals surface area (Å²) in [6, 6.07) is 9.27. The Morgan fingerprint density at radius 3 is 2.40 bits per heavy atom. The average Bonchev–Trinajstić information content (AvgIpc) is 2.50. The first-order valence-electron chi connectivity index (χ1n) is 7.48. The maximum absolute atomic E-state index is 12.3. The average molecular weight is 277 g/mol. The van der Waals surface area contributed by atoms with Crippen molar-refractivity contribution in [1.82, 2.24) is 4.90 Å². The zero-order chi connectivity index (χ0) is 15.1. The number of amides is 1. The van der Waals surface area contributed by atoms with E-state index in [1.807, 2.05) is 44.2 Å². The normalized spacial score (nSPS) is 15.4. The maximum Gasteiger partial charge on any atom is 0.225 e. The molecule has 0 aliphatic heterocycles. The van der Waals surface area contributed by atoms with Crippen molar-refractivity contribution in [3.63, 3.8) is 0 Å². The van der Waals surface area contributed by atoms with Gasteiger partial charge < -0.3 is 10.0 Å². The van der Waals surface area contributed by atoms with Crippen LogP contribution in [0, 0.1) is 5.92 Å². The molecule has 0 bridgehead atoms. The van der Waals surface area contributed by atoms with Crippen LogP contribution >= 0.6 is 0 Å². The zero-order valence-corrected chi connectivity index (χ0v) is 13.0. The Hall–Kier alpha value is -1.35. The van der Waals surface area contributed by atoms with Crippen LogP contribution in [0.4, 0.5) is 0 Å². The molecule has 1 amide bonds. The van der Waals surface area contributed by atoms with E-state index in [1.54, 1.807) is 11.9 Å². The fourth-order valence-electron chi connectivity index (χ4n) is 2.32. The second-order valence-corrected chi connectivity index (χ2v) is 5.59. The fourth-order valence-corrected chi connectivity index (χ4v) is 2.32. The van der Waals surface area contributed by atoms with E-state index in [0.717, 1.165) is 24.8 Å². The highest BCUT2D eigenvalue weighted by atomic mass is 16.3. The monoisotopic (exact) mass is 277 g/mol. The summed E-state index contributed by atoms with van der Waals surface area (Å²) in [4.78, 5) is 14.0. The molecule has 1 rings (SSSR count). The molecular formula is C17H27NO2. The molecule has 0 heterocycles. The fraction of sp³-hybridized carbons (Fsp3) is 0.588. The summed E-state index contributed by atoms with van der Waals surface area (Å²) in [6.45, 7) is 5.99. The van der Waals surface area contributed by atoms with Gasteiger partial charge in [-0.25, -0.2) is 0 Å². The molecule has 0 saturated heterocycles. The summed E-state index contributed by atoms with van der Waals surface area (Å²) in [5.74, 6) is 0.131. The first-order valence-corrected chi connectivity index (χ1v) is 7.48. The summed E-state index contributed by atoms with van der Waals surface area (Å²) in [6.07, 6.45) is 2.43. The molecule has 0 saturated carbocycles. The predicted octanol–water partition coefficient (Wildman–Crippen LogP) is 3.39. The van der Waals surface area contributed by atoms with Crippen LogP contribution in [0.2, 0.25) is 0 Å². The van der Waals surface area contributed by atoms with E-state index in [2.05, 4.69) is 6.92 Å². The molecule has 0 aromatic heterocycles. The summed E-state index contributed by atoms with van der Waals surface area (Å²) < 4.78 is 0. The Bertz CT molecular complexity index is 405. The minimum atomic E-state index is -0.650. The molecule has 20 heavy (non-hydrogen) atoms. The number of likely N-dealkylation sites (N-methyl/N-ethyl adjacent to an activating group) is 1. The van der Waals surface area contributed by atoms with Gasteiger partial charge in [0.15, 0.2) is 0 Å². The van der Waals surface area contributed by atoms with Crippen LogP contribution in [0.1, 0.15) is 51.7 Å². The molecule has 1 N–H and O–H groups in total. The van der Waals surface area contributed by atoms with Crippen molar-refractivity contribution in [2.24, 2.45) is 5.92 Å². The Morgan fingerprint density at radius 2 is 1.85 bits per heavy atom. The van der Waals surface area contributed by atoms with Crippen LogP contribution in [-0.2, 0) is 4.79 Å². The quantitative estimate of drug-likeness (QED) is 0.830. The Morgan fingerprint density at radius 1 is 1.25 bits per heavy atom. The van der Waals surface area contributed by atoms with Crippen molar-refractivity contribution in [3.05, 3.63) is 35.9 Å². The molecule has 0 fully saturated rings. The van der Waals surface area contributed by atoms with E-state index >= 15 is 0 Å². The van der Waals surface area contributed by atoms with Gasteiger partial charge in [-0.3, -0.25) is 4.79 Å². The molecular weight excluding hydrogens is 250 g/mol. The summed E-state index contributed by atoms with van der Waals surface area (Å²) in [5, 5.41) is 10.4. The minimum absolute atomic E-state index is 0.0189. The van der Waals surface area contributed by atoms with E-state index in [9.17, 15) is 9.90 Å². The largest absolute Gasteiger partial charge is 0.386 e. The van der Waals surface area contributed by atoms with Crippen LogP contribution in [0.3, 0.4) is 0 Å². The number of carbonyl (C=O) groups is 1. The summed E-state index contributed by atoms with van der Waals surface area (Å²) in [5.41, 5.74) is 0.848. The van der Waals surface area contributed by atoms with Gasteiger partial charge in [0.1, 0.15) is 0 Å². The SMILES string of the molecule is CCCC[C@@H](C)C(=O)N(C)[C@@H](C)[C@@H](O)c1ccccc1. The van der Waals surface area contributed by atoms with Crippen LogP contribution in [0.25, 0.3) is 0 Å². The van der Waals surface area contributed by atoms with Crippen molar-refractivity contribution in [2.45, 2.75) is 52.2 Å². The van der Waals surface area contributed by atoms with Crippen LogP contribution < -0.4 is 0 Å². The van der Waals surface area contributed by atoms with Crippen molar-refractivity contribution in [2.75, 3.05) is 7.05 Å². The molecule has 0 radical (unpaired) electrons. The molecule has 3 heteroatoms. The van der Waals surface area contributed by atoms with Gasteiger partial charge >= 0.3 is 0 Å². The lowest BCUT2D eigenvalue weighted by Gasteiger charge is -2.31. The van der Waals surface area contributed by atoms with Gasteiger partial charge in [0.2, 0.25) is 5.91 Å². The molecule has 3 nitrogen and oxygen atoms in total. The van der Waals surface area contributed by atoms with Crippen LogP contribution in [-0.4, -0.2) is 29.0 Å². The molecule has 3 atom stereocenters. The van der Waals surface area contributed by atoms with Gasteiger partial charge in [-0.05, 0) is 18.9 Å². The Kier molecular flexibility index (Phi) is 6.73. The molecule has 0 aliphatic rings. The number of unbranched alkanes of at least 4 members (excludes halogenated alkanes) is 1. The number of hydrogen-bond donors (Lipinski definition) is 1. The summed E-state index contributed by atoms with van der Waals surface area (Å²) >= 11 is 0. The van der Waals surface area contributed by atoms with E-state index in [-0.39, 0.29) is 17.9 Å². The third-order valence-electron chi connectivity index (χ3n) is 3.97. The third-order valence-corrected chi connectivity index (χ3v) is 3.97. The lowest BCUT2D eigenvalue weighted by atomic mass is 9.99. The number of rotatable bonds is 7. The van der Waals surface area contributed by atoms with Crippen LogP contribution in [0.5, 0.6) is 0 Å². The highest BCUT2D eigenvalue weighted by Gasteiger charge is 2.26. The van der Waals surface area contributed by atoms with Crippen molar-refractivity contribution in [3.8, 4) is 0 Å². The highest BCUT2D eigenvalue weighted by Crippen LogP contribution is 2.22. The predicted molar refractivity (Wildman–Crippen MR) is 82.3 cm³/mol. The second-order valence-electron chi connectivity index (χ2n) is 5.59. The highest BCUT2D eigenvalue weighted by molar-refractivity contribution is 5.78.